The van der Waals surface area contributed by atoms with Crippen molar-refractivity contribution in [3.05, 3.63) is 33.6 Å². The fourth-order valence-corrected chi connectivity index (χ4v) is 2.64. The Morgan fingerprint density at radius 1 is 1.27 bits per heavy atom. The quantitative estimate of drug-likeness (QED) is 0.748. The molecule has 0 radical (unpaired) electrons. The number of carboxylic acid groups (broad SMARTS) is 1. The third-order valence-electron chi connectivity index (χ3n) is 3.80. The molecule has 1 fully saturated rings. The molecule has 0 amide bonds. The van der Waals surface area contributed by atoms with E-state index in [2.05, 4.69) is 15.4 Å². The highest BCUT2D eigenvalue weighted by Gasteiger charge is 2.31. The highest BCUT2D eigenvalue weighted by Crippen LogP contribution is 2.39. The van der Waals surface area contributed by atoms with Gasteiger partial charge in [0.1, 0.15) is 11.1 Å². The summed E-state index contributed by atoms with van der Waals surface area (Å²) in [5.41, 5.74) is -2.27. The number of hydrogen-bond donors (Lipinski definition) is 2. The number of nitrogens with zero attached hydrogens (tertiary/aromatic N) is 3. The molecular formula is C13H8F2N4O3. The Morgan fingerprint density at radius 2 is 1.95 bits per heavy atom. The first-order valence-electron chi connectivity index (χ1n) is 6.50. The molecule has 112 valence electrons. The van der Waals surface area contributed by atoms with Crippen molar-refractivity contribution >= 4 is 27.9 Å². The van der Waals surface area contributed by atoms with Gasteiger partial charge in [-0.15, -0.1) is 0 Å². The molecule has 1 aliphatic carbocycles. The van der Waals surface area contributed by atoms with Crippen molar-refractivity contribution in [2.24, 2.45) is 0 Å². The minimum absolute atomic E-state index is 0.153. The largest absolute Gasteiger partial charge is 0.477 e. The van der Waals surface area contributed by atoms with Crippen LogP contribution in [0.5, 0.6) is 0 Å². The van der Waals surface area contributed by atoms with Gasteiger partial charge in [-0.3, -0.25) is 4.79 Å². The van der Waals surface area contributed by atoms with Crippen LogP contribution in [0.25, 0.3) is 21.9 Å². The summed E-state index contributed by atoms with van der Waals surface area (Å²) in [5.74, 6) is -3.87. The highest BCUT2D eigenvalue weighted by atomic mass is 19.2. The van der Waals surface area contributed by atoms with Gasteiger partial charge in [0.25, 0.3) is 0 Å². The lowest BCUT2D eigenvalue weighted by molar-refractivity contribution is 0.0695. The van der Waals surface area contributed by atoms with Gasteiger partial charge in [0, 0.05) is 12.2 Å². The van der Waals surface area contributed by atoms with Gasteiger partial charge < -0.3 is 9.67 Å². The number of benzene rings is 1. The van der Waals surface area contributed by atoms with Crippen LogP contribution in [0.1, 0.15) is 29.2 Å². The lowest BCUT2D eigenvalue weighted by atomic mass is 10.1. The average Bonchev–Trinajstić information content (AvgIpc) is 3.20. The Bertz CT molecular complexity index is 1020. The van der Waals surface area contributed by atoms with Crippen LogP contribution in [0.2, 0.25) is 0 Å². The van der Waals surface area contributed by atoms with Crippen LogP contribution in [0.15, 0.2) is 11.0 Å². The number of carboxylic acids is 1. The van der Waals surface area contributed by atoms with Crippen molar-refractivity contribution in [1.29, 1.82) is 0 Å². The van der Waals surface area contributed by atoms with Gasteiger partial charge in [0.15, 0.2) is 17.2 Å². The summed E-state index contributed by atoms with van der Waals surface area (Å²) in [4.78, 5) is 23.6. The summed E-state index contributed by atoms with van der Waals surface area (Å²) in [6.07, 6.45) is 2.48. The Morgan fingerprint density at radius 3 is 2.59 bits per heavy atom. The Labute approximate surface area is 120 Å². The van der Waals surface area contributed by atoms with Crippen LogP contribution in [0.3, 0.4) is 0 Å². The van der Waals surface area contributed by atoms with Crippen molar-refractivity contribution in [3.63, 3.8) is 0 Å². The lowest BCUT2D eigenvalue weighted by Gasteiger charge is -2.12. The van der Waals surface area contributed by atoms with E-state index in [1.807, 2.05) is 0 Å². The molecule has 0 atom stereocenters. The third kappa shape index (κ3) is 1.53. The molecule has 7 nitrogen and oxygen atoms in total. The molecule has 2 heterocycles. The summed E-state index contributed by atoms with van der Waals surface area (Å²) in [7, 11) is 0. The van der Waals surface area contributed by atoms with E-state index in [4.69, 9.17) is 0 Å². The second kappa shape index (κ2) is 4.09. The standard InChI is InChI=1S/C13H8F2N4O3/c14-7-8(15)11-6(9-10(7)17-18-16-9)12(20)5(13(21)22)3-19(11)4-1-2-4/h3-4H,1-2H2,(H,21,22)(H,16,17,18). The lowest BCUT2D eigenvalue weighted by Crippen LogP contribution is -2.20. The molecule has 0 aliphatic heterocycles. The molecule has 1 saturated carbocycles. The SMILES string of the molecule is O=C(O)c1cn(C2CC2)c2c(F)c(F)c3n[nH]nc3c2c1=O. The summed E-state index contributed by atoms with van der Waals surface area (Å²) >= 11 is 0. The van der Waals surface area contributed by atoms with E-state index < -0.39 is 34.1 Å². The summed E-state index contributed by atoms with van der Waals surface area (Å²) in [6.45, 7) is 0. The number of carbonyl (C=O) groups is 1. The Balaban J connectivity index is 2.33. The van der Waals surface area contributed by atoms with Crippen molar-refractivity contribution < 1.29 is 18.7 Å². The van der Waals surface area contributed by atoms with Crippen LogP contribution >= 0.6 is 0 Å². The number of halogens is 2. The normalized spacial score (nSPS) is 14.8. The maximum absolute atomic E-state index is 14.4. The second-order valence-electron chi connectivity index (χ2n) is 5.19. The van der Waals surface area contributed by atoms with Crippen molar-refractivity contribution in [1.82, 2.24) is 20.0 Å². The maximum atomic E-state index is 14.4. The molecule has 1 aromatic carbocycles. The maximum Gasteiger partial charge on any atom is 0.341 e. The van der Waals surface area contributed by atoms with E-state index in [0.717, 1.165) is 6.20 Å². The second-order valence-corrected chi connectivity index (χ2v) is 5.19. The minimum atomic E-state index is -1.43. The molecule has 4 rings (SSSR count). The highest BCUT2D eigenvalue weighted by molar-refractivity contribution is 6.05. The number of rotatable bonds is 2. The van der Waals surface area contributed by atoms with Crippen LogP contribution < -0.4 is 5.43 Å². The first-order chi connectivity index (χ1) is 10.5. The summed E-state index contributed by atoms with van der Waals surface area (Å²) < 4.78 is 29.8. The molecule has 22 heavy (non-hydrogen) atoms. The molecule has 3 aromatic rings. The van der Waals surface area contributed by atoms with Crippen molar-refractivity contribution in [3.8, 4) is 0 Å². The fraction of sp³-hybridized carbons (Fsp3) is 0.231. The molecule has 0 saturated heterocycles. The van der Waals surface area contributed by atoms with Crippen LogP contribution in [-0.2, 0) is 0 Å². The number of aromatic amines is 1. The predicted molar refractivity (Wildman–Crippen MR) is 70.8 cm³/mol. The van der Waals surface area contributed by atoms with Gasteiger partial charge >= 0.3 is 5.97 Å². The molecule has 1 aliphatic rings. The summed E-state index contributed by atoms with van der Waals surface area (Å²) in [6, 6.07) is -0.153. The number of aromatic carboxylic acids is 1. The van der Waals surface area contributed by atoms with E-state index in [-0.39, 0.29) is 22.5 Å². The molecule has 0 spiro atoms. The number of nitrogens with one attached hydrogen (secondary N) is 1. The number of hydrogen-bond acceptors (Lipinski definition) is 4. The van der Waals surface area contributed by atoms with E-state index in [9.17, 15) is 23.5 Å². The van der Waals surface area contributed by atoms with E-state index in [1.54, 1.807) is 0 Å². The smallest absolute Gasteiger partial charge is 0.341 e. The molecule has 0 bridgehead atoms. The van der Waals surface area contributed by atoms with Gasteiger partial charge in [-0.05, 0) is 12.8 Å². The first-order valence-corrected chi connectivity index (χ1v) is 6.50. The Kier molecular flexibility index (Phi) is 2.39. The van der Waals surface area contributed by atoms with Crippen LogP contribution in [-0.4, -0.2) is 31.1 Å². The zero-order chi connectivity index (χ0) is 15.6. The van der Waals surface area contributed by atoms with Crippen molar-refractivity contribution in [2.75, 3.05) is 0 Å². The zero-order valence-electron chi connectivity index (χ0n) is 10.9. The van der Waals surface area contributed by atoms with Gasteiger partial charge in [0.05, 0.1) is 10.9 Å². The van der Waals surface area contributed by atoms with Gasteiger partial charge in [0.2, 0.25) is 5.43 Å². The van der Waals surface area contributed by atoms with Gasteiger partial charge in [-0.1, -0.05) is 0 Å². The van der Waals surface area contributed by atoms with Gasteiger partial charge in [-0.25, -0.2) is 13.6 Å². The summed E-state index contributed by atoms with van der Waals surface area (Å²) in [5, 5.41) is 18.2. The fourth-order valence-electron chi connectivity index (χ4n) is 2.64. The average molecular weight is 306 g/mol. The Hall–Kier alpha value is -2.84. The molecule has 9 heteroatoms. The molecular weight excluding hydrogens is 298 g/mol. The monoisotopic (exact) mass is 306 g/mol. The molecule has 2 aromatic heterocycles. The number of aromatic nitrogens is 4. The molecule has 2 N–H and O–H groups in total. The number of H-pyrrole nitrogens is 1. The van der Waals surface area contributed by atoms with Crippen LogP contribution in [0, 0.1) is 11.6 Å². The minimum Gasteiger partial charge on any atom is -0.477 e. The predicted octanol–water partition coefficient (Wildman–Crippen LogP) is 1.58. The zero-order valence-corrected chi connectivity index (χ0v) is 10.9. The van der Waals surface area contributed by atoms with E-state index in [1.165, 1.54) is 4.57 Å². The van der Waals surface area contributed by atoms with E-state index >= 15 is 0 Å². The third-order valence-corrected chi connectivity index (χ3v) is 3.80. The van der Waals surface area contributed by atoms with Gasteiger partial charge in [-0.2, -0.15) is 15.4 Å². The first kappa shape index (κ1) is 12.9. The number of fused-ring (bicyclic) bond motifs is 3. The molecule has 0 unspecified atom stereocenters. The van der Waals surface area contributed by atoms with Crippen LogP contribution in [0.4, 0.5) is 8.78 Å². The number of pyridine rings is 1. The topological polar surface area (TPSA) is 101 Å². The van der Waals surface area contributed by atoms with Crippen molar-refractivity contribution in [2.45, 2.75) is 18.9 Å². The van der Waals surface area contributed by atoms with E-state index in [0.29, 0.717) is 12.8 Å².